The maximum Gasteiger partial charge on any atom is 0.343 e. The van der Waals surface area contributed by atoms with Crippen LogP contribution in [-0.4, -0.2) is 5.97 Å². The number of hydrogen-bond acceptors (Lipinski definition) is 2. The summed E-state index contributed by atoms with van der Waals surface area (Å²) in [6, 6.07) is 14.8. The fraction of sp³-hybridized carbons (Fsp3) is 0.133. The molecule has 0 aliphatic rings. The van der Waals surface area contributed by atoms with Gasteiger partial charge in [-0.2, -0.15) is 0 Å². The largest absolute Gasteiger partial charge is 0.423 e. The Balaban J connectivity index is 2.17. The molecule has 17 heavy (non-hydrogen) atoms. The normalized spacial score (nSPS) is 10.0. The molecule has 0 saturated carbocycles. The molecule has 0 atom stereocenters. The Hall–Kier alpha value is -2.09. The monoisotopic (exact) mass is 226 g/mol. The molecule has 0 N–H and O–H groups in total. The molecule has 0 heterocycles. The van der Waals surface area contributed by atoms with Crippen molar-refractivity contribution in [3.63, 3.8) is 0 Å². The zero-order valence-electron chi connectivity index (χ0n) is 9.94. The van der Waals surface area contributed by atoms with E-state index in [1.54, 1.807) is 18.2 Å². The second-order valence-electron chi connectivity index (χ2n) is 4.02. The van der Waals surface area contributed by atoms with Gasteiger partial charge in [0, 0.05) is 0 Å². The molecule has 0 unspecified atom stereocenters. The van der Waals surface area contributed by atoms with Crippen LogP contribution in [0.2, 0.25) is 0 Å². The van der Waals surface area contributed by atoms with Gasteiger partial charge < -0.3 is 4.74 Å². The maximum atomic E-state index is 11.9. The lowest BCUT2D eigenvalue weighted by Gasteiger charge is -2.06. The van der Waals surface area contributed by atoms with Crippen LogP contribution in [-0.2, 0) is 0 Å². The molecular formula is C15H14O2. The highest BCUT2D eigenvalue weighted by atomic mass is 16.5. The summed E-state index contributed by atoms with van der Waals surface area (Å²) in [5.74, 6) is 0.289. The third kappa shape index (κ3) is 2.72. The maximum absolute atomic E-state index is 11.9. The summed E-state index contributed by atoms with van der Waals surface area (Å²) < 4.78 is 5.33. The summed E-state index contributed by atoms with van der Waals surface area (Å²) in [7, 11) is 0. The van der Waals surface area contributed by atoms with Crippen molar-refractivity contribution in [2.45, 2.75) is 13.8 Å². The zero-order chi connectivity index (χ0) is 12.3. The van der Waals surface area contributed by atoms with E-state index >= 15 is 0 Å². The van der Waals surface area contributed by atoms with Crippen LogP contribution in [0.25, 0.3) is 0 Å². The van der Waals surface area contributed by atoms with Crippen LogP contribution in [0.15, 0.2) is 48.5 Å². The molecule has 86 valence electrons. The summed E-state index contributed by atoms with van der Waals surface area (Å²) in [6.45, 7) is 3.90. The first-order chi connectivity index (χ1) is 8.16. The summed E-state index contributed by atoms with van der Waals surface area (Å²) in [6.07, 6.45) is 0. The molecule has 0 bridgehead atoms. The molecule has 2 aromatic rings. The van der Waals surface area contributed by atoms with Crippen LogP contribution < -0.4 is 4.74 Å². The van der Waals surface area contributed by atoms with Gasteiger partial charge in [0.15, 0.2) is 0 Å². The summed E-state index contributed by atoms with van der Waals surface area (Å²) >= 11 is 0. The van der Waals surface area contributed by atoms with Crippen molar-refractivity contribution >= 4 is 5.97 Å². The number of carbonyl (C=O) groups excluding carboxylic acids is 1. The fourth-order valence-electron chi connectivity index (χ4n) is 1.52. The van der Waals surface area contributed by atoms with E-state index in [2.05, 4.69) is 0 Å². The number of esters is 1. The average molecular weight is 226 g/mol. The van der Waals surface area contributed by atoms with Crippen molar-refractivity contribution in [2.75, 3.05) is 0 Å². The number of para-hydroxylation sites is 1. The van der Waals surface area contributed by atoms with Gasteiger partial charge in [0.1, 0.15) is 5.75 Å². The molecule has 0 fully saturated rings. The van der Waals surface area contributed by atoms with Gasteiger partial charge in [-0.3, -0.25) is 0 Å². The molecule has 0 amide bonds. The minimum Gasteiger partial charge on any atom is -0.423 e. The third-order valence-corrected chi connectivity index (χ3v) is 2.58. The lowest BCUT2D eigenvalue weighted by atomic mass is 10.1. The Morgan fingerprint density at radius 3 is 2.24 bits per heavy atom. The van der Waals surface area contributed by atoms with E-state index in [1.165, 1.54) is 0 Å². The molecular weight excluding hydrogens is 212 g/mol. The van der Waals surface area contributed by atoms with Crippen LogP contribution in [0.4, 0.5) is 0 Å². The number of benzene rings is 2. The highest BCUT2D eigenvalue weighted by molar-refractivity contribution is 5.91. The number of ether oxygens (including phenoxy) is 1. The van der Waals surface area contributed by atoms with Crippen LogP contribution in [0, 0.1) is 13.8 Å². The average Bonchev–Trinajstić information content (AvgIpc) is 2.33. The Kier molecular flexibility index (Phi) is 3.24. The number of rotatable bonds is 2. The van der Waals surface area contributed by atoms with Gasteiger partial charge in [-0.1, -0.05) is 35.9 Å². The van der Waals surface area contributed by atoms with Gasteiger partial charge in [0.2, 0.25) is 0 Å². The second kappa shape index (κ2) is 4.83. The predicted octanol–water partition coefficient (Wildman–Crippen LogP) is 3.52. The summed E-state index contributed by atoms with van der Waals surface area (Å²) in [4.78, 5) is 11.9. The Morgan fingerprint density at radius 1 is 0.941 bits per heavy atom. The zero-order valence-corrected chi connectivity index (χ0v) is 9.94. The lowest BCUT2D eigenvalue weighted by molar-refractivity contribution is 0.0733. The third-order valence-electron chi connectivity index (χ3n) is 2.58. The fourth-order valence-corrected chi connectivity index (χ4v) is 1.52. The van der Waals surface area contributed by atoms with E-state index in [4.69, 9.17) is 4.74 Å². The smallest absolute Gasteiger partial charge is 0.343 e. The SMILES string of the molecule is Cc1ccc(C(=O)Oc2ccccc2C)cc1. The Labute approximate surface area is 101 Å². The van der Waals surface area contributed by atoms with Gasteiger partial charge in [-0.25, -0.2) is 4.79 Å². The van der Waals surface area contributed by atoms with Crippen LogP contribution in [0.5, 0.6) is 5.75 Å². The molecule has 2 heteroatoms. The van der Waals surface area contributed by atoms with Crippen molar-refractivity contribution < 1.29 is 9.53 Å². The van der Waals surface area contributed by atoms with Crippen molar-refractivity contribution in [3.05, 3.63) is 65.2 Å². The van der Waals surface area contributed by atoms with E-state index in [-0.39, 0.29) is 5.97 Å². The first kappa shape index (κ1) is 11.4. The van der Waals surface area contributed by atoms with Crippen LogP contribution in [0.3, 0.4) is 0 Å². The quantitative estimate of drug-likeness (QED) is 0.578. The predicted molar refractivity (Wildman–Crippen MR) is 67.3 cm³/mol. The van der Waals surface area contributed by atoms with E-state index in [0.29, 0.717) is 11.3 Å². The Morgan fingerprint density at radius 2 is 1.59 bits per heavy atom. The van der Waals surface area contributed by atoms with Crippen molar-refractivity contribution in [1.82, 2.24) is 0 Å². The molecule has 2 aromatic carbocycles. The molecule has 0 radical (unpaired) electrons. The highest BCUT2D eigenvalue weighted by Crippen LogP contribution is 2.18. The van der Waals surface area contributed by atoms with Crippen LogP contribution in [0.1, 0.15) is 21.5 Å². The van der Waals surface area contributed by atoms with Gasteiger partial charge in [0.05, 0.1) is 5.56 Å². The first-order valence-electron chi connectivity index (χ1n) is 5.51. The first-order valence-corrected chi connectivity index (χ1v) is 5.51. The highest BCUT2D eigenvalue weighted by Gasteiger charge is 2.09. The minimum atomic E-state index is -0.320. The second-order valence-corrected chi connectivity index (χ2v) is 4.02. The van der Waals surface area contributed by atoms with Gasteiger partial charge in [-0.05, 0) is 37.6 Å². The molecule has 0 saturated heterocycles. The van der Waals surface area contributed by atoms with E-state index in [9.17, 15) is 4.79 Å². The molecule has 2 nitrogen and oxygen atoms in total. The van der Waals surface area contributed by atoms with Crippen LogP contribution >= 0.6 is 0 Å². The summed E-state index contributed by atoms with van der Waals surface area (Å²) in [5.41, 5.74) is 2.64. The van der Waals surface area contributed by atoms with E-state index in [0.717, 1.165) is 11.1 Å². The van der Waals surface area contributed by atoms with Crippen molar-refractivity contribution in [3.8, 4) is 5.75 Å². The van der Waals surface area contributed by atoms with Gasteiger partial charge >= 0.3 is 5.97 Å². The number of hydrogen-bond donors (Lipinski definition) is 0. The standard InChI is InChI=1S/C15H14O2/c1-11-7-9-13(10-8-11)15(16)17-14-6-4-3-5-12(14)2/h3-10H,1-2H3. The van der Waals surface area contributed by atoms with Crippen molar-refractivity contribution in [1.29, 1.82) is 0 Å². The minimum absolute atomic E-state index is 0.320. The lowest BCUT2D eigenvalue weighted by Crippen LogP contribution is -2.09. The number of aryl methyl sites for hydroxylation is 2. The molecule has 0 spiro atoms. The molecule has 0 aliphatic heterocycles. The van der Waals surface area contributed by atoms with Gasteiger partial charge in [-0.15, -0.1) is 0 Å². The summed E-state index contributed by atoms with van der Waals surface area (Å²) in [5, 5.41) is 0. The topological polar surface area (TPSA) is 26.3 Å². The molecule has 0 aliphatic carbocycles. The van der Waals surface area contributed by atoms with Gasteiger partial charge in [0.25, 0.3) is 0 Å². The van der Waals surface area contributed by atoms with Crippen molar-refractivity contribution in [2.24, 2.45) is 0 Å². The van der Waals surface area contributed by atoms with E-state index < -0.39 is 0 Å². The van der Waals surface area contributed by atoms with E-state index in [1.807, 2.05) is 44.2 Å². The number of carbonyl (C=O) groups is 1. The molecule has 0 aromatic heterocycles. The molecule has 2 rings (SSSR count). The Bertz CT molecular complexity index is 527.